The van der Waals surface area contributed by atoms with E-state index in [1.165, 1.54) is 115 Å². The average molecular weight is 517 g/mol. The molecule has 0 fully saturated rings. The van der Waals surface area contributed by atoms with E-state index in [2.05, 4.69) is 74.5 Å². The van der Waals surface area contributed by atoms with Gasteiger partial charge < -0.3 is 0 Å². The highest BCUT2D eigenvalue weighted by Gasteiger charge is 2.11. The third-order valence-electron chi connectivity index (χ3n) is 6.92. The fourth-order valence-electron chi connectivity index (χ4n) is 4.87. The zero-order valence-electron chi connectivity index (χ0n) is 21.1. The molecule has 0 radical (unpaired) electrons. The van der Waals surface area contributed by atoms with Gasteiger partial charge in [0, 0.05) is 39.7 Å². The molecule has 0 atom stereocenters. The first-order valence-electron chi connectivity index (χ1n) is 13.4. The van der Waals surface area contributed by atoms with Gasteiger partial charge in [-0.15, -0.1) is 34.0 Å². The number of rotatable bonds is 12. The minimum absolute atomic E-state index is 1.22. The van der Waals surface area contributed by atoms with Crippen LogP contribution < -0.4 is 0 Å². The highest BCUT2D eigenvalue weighted by atomic mass is 32.1. The molecule has 0 N–H and O–H groups in total. The van der Waals surface area contributed by atoms with Crippen molar-refractivity contribution in [1.29, 1.82) is 0 Å². The Bertz CT molecular complexity index is 1280. The predicted molar refractivity (Wildman–Crippen MR) is 162 cm³/mol. The molecular formula is C32H36S3. The predicted octanol–water partition coefficient (Wildman–Crippen LogP) is 11.8. The Kier molecular flexibility index (Phi) is 8.39. The van der Waals surface area contributed by atoms with Crippen LogP contribution >= 0.6 is 34.0 Å². The maximum atomic E-state index is 2.41. The van der Waals surface area contributed by atoms with Crippen molar-refractivity contribution in [2.75, 3.05) is 0 Å². The third kappa shape index (κ3) is 5.90. The first kappa shape index (κ1) is 24.7. The number of thiophene rings is 3. The van der Waals surface area contributed by atoms with E-state index in [0.29, 0.717) is 0 Å². The summed E-state index contributed by atoms with van der Waals surface area (Å²) in [7, 11) is 0. The largest absolute Gasteiger partial charge is 0.140 e. The van der Waals surface area contributed by atoms with Crippen LogP contribution in [0.3, 0.4) is 0 Å². The van der Waals surface area contributed by atoms with Crippen LogP contribution in [-0.4, -0.2) is 0 Å². The summed E-state index contributed by atoms with van der Waals surface area (Å²) >= 11 is 5.89. The van der Waals surface area contributed by atoms with Gasteiger partial charge in [0.1, 0.15) is 0 Å². The summed E-state index contributed by atoms with van der Waals surface area (Å²) < 4.78 is 2.80. The molecule has 182 valence electrons. The molecule has 5 rings (SSSR count). The lowest BCUT2D eigenvalue weighted by molar-refractivity contribution is 0.670. The standard InChI is InChI=1S/C32H36S3/c1-3-5-7-9-11-25-15-19-29(33-25)23-13-17-27-28-18-14-24(22-32(28)35-31(27)21-23)30-20-16-26(34-30)12-10-8-6-4-2/h13-22H,3-12H2,1-2H3. The Labute approximate surface area is 222 Å². The quantitative estimate of drug-likeness (QED) is 0.145. The monoisotopic (exact) mass is 516 g/mol. The summed E-state index contributed by atoms with van der Waals surface area (Å²) in [4.78, 5) is 5.86. The van der Waals surface area contributed by atoms with Gasteiger partial charge in [0.05, 0.1) is 0 Å². The van der Waals surface area contributed by atoms with Crippen molar-refractivity contribution in [2.45, 2.75) is 78.1 Å². The second-order valence-electron chi connectivity index (χ2n) is 9.68. The van der Waals surface area contributed by atoms with Crippen LogP contribution in [0.5, 0.6) is 0 Å². The molecule has 0 saturated carbocycles. The minimum Gasteiger partial charge on any atom is -0.140 e. The van der Waals surface area contributed by atoms with Gasteiger partial charge in [-0.1, -0.05) is 76.6 Å². The van der Waals surface area contributed by atoms with E-state index < -0.39 is 0 Å². The maximum Gasteiger partial charge on any atom is 0.0361 e. The normalized spacial score (nSPS) is 11.7. The smallest absolute Gasteiger partial charge is 0.0361 e. The molecule has 0 aliphatic carbocycles. The fourth-order valence-corrected chi connectivity index (χ4v) is 8.15. The van der Waals surface area contributed by atoms with E-state index in [0.717, 1.165) is 0 Å². The van der Waals surface area contributed by atoms with Crippen LogP contribution in [0.25, 0.3) is 41.1 Å². The highest BCUT2D eigenvalue weighted by Crippen LogP contribution is 2.40. The molecular weight excluding hydrogens is 481 g/mol. The number of fused-ring (bicyclic) bond motifs is 3. The van der Waals surface area contributed by atoms with Crippen molar-refractivity contribution in [3.05, 3.63) is 70.4 Å². The van der Waals surface area contributed by atoms with E-state index in [1.54, 1.807) is 0 Å². The summed E-state index contributed by atoms with van der Waals surface area (Å²) in [5.41, 5.74) is 2.72. The number of unbranched alkanes of at least 4 members (excludes halogenated alkanes) is 6. The van der Waals surface area contributed by atoms with Gasteiger partial charge in [-0.05, 0) is 73.2 Å². The molecule has 3 heteroatoms. The van der Waals surface area contributed by atoms with E-state index in [4.69, 9.17) is 0 Å². The Morgan fingerprint density at radius 3 is 1.43 bits per heavy atom. The average Bonchev–Trinajstić information content (AvgIpc) is 3.62. The summed E-state index contributed by atoms with van der Waals surface area (Å²) in [6.45, 7) is 4.56. The number of benzene rings is 2. The molecule has 2 aromatic carbocycles. The molecule has 0 spiro atoms. The van der Waals surface area contributed by atoms with E-state index in [9.17, 15) is 0 Å². The molecule has 0 unspecified atom stereocenters. The van der Waals surface area contributed by atoms with Gasteiger partial charge in [0.15, 0.2) is 0 Å². The molecule has 3 heterocycles. The van der Waals surface area contributed by atoms with E-state index >= 15 is 0 Å². The molecule has 0 bridgehead atoms. The second-order valence-corrected chi connectivity index (χ2v) is 13.1. The number of hydrogen-bond donors (Lipinski definition) is 0. The minimum atomic E-state index is 1.22. The van der Waals surface area contributed by atoms with Crippen molar-refractivity contribution in [1.82, 2.24) is 0 Å². The molecule has 0 saturated heterocycles. The van der Waals surface area contributed by atoms with Crippen LogP contribution in [0.4, 0.5) is 0 Å². The Morgan fingerprint density at radius 2 is 0.971 bits per heavy atom. The molecule has 0 aliphatic rings. The molecule has 0 nitrogen and oxygen atoms in total. The van der Waals surface area contributed by atoms with Gasteiger partial charge >= 0.3 is 0 Å². The van der Waals surface area contributed by atoms with Crippen molar-refractivity contribution < 1.29 is 0 Å². The van der Waals surface area contributed by atoms with E-state index in [1.807, 2.05) is 34.0 Å². The first-order valence-corrected chi connectivity index (χ1v) is 15.8. The van der Waals surface area contributed by atoms with Gasteiger partial charge in [0.25, 0.3) is 0 Å². The topological polar surface area (TPSA) is 0 Å². The van der Waals surface area contributed by atoms with Crippen molar-refractivity contribution in [3.63, 3.8) is 0 Å². The summed E-state index contributed by atoms with van der Waals surface area (Å²) in [5, 5.41) is 2.78. The summed E-state index contributed by atoms with van der Waals surface area (Å²) in [5.74, 6) is 0. The van der Waals surface area contributed by atoms with Crippen LogP contribution in [0.15, 0.2) is 60.7 Å². The zero-order chi connectivity index (χ0) is 24.0. The lowest BCUT2D eigenvalue weighted by atomic mass is 10.1. The van der Waals surface area contributed by atoms with Crippen LogP contribution in [0.1, 0.15) is 75.0 Å². The van der Waals surface area contributed by atoms with Crippen molar-refractivity contribution in [2.24, 2.45) is 0 Å². The van der Waals surface area contributed by atoms with Gasteiger partial charge in [-0.2, -0.15) is 0 Å². The molecule has 35 heavy (non-hydrogen) atoms. The summed E-state index contributed by atoms with van der Waals surface area (Å²) in [6.07, 6.45) is 13.1. The van der Waals surface area contributed by atoms with Gasteiger partial charge in [0.2, 0.25) is 0 Å². The zero-order valence-corrected chi connectivity index (χ0v) is 23.5. The second kappa shape index (κ2) is 11.9. The van der Waals surface area contributed by atoms with Crippen molar-refractivity contribution >= 4 is 54.2 Å². The Balaban J connectivity index is 1.34. The third-order valence-corrected chi connectivity index (χ3v) is 10.4. The van der Waals surface area contributed by atoms with Gasteiger partial charge in [-0.3, -0.25) is 0 Å². The fraction of sp³-hybridized carbons (Fsp3) is 0.375. The Hall–Kier alpha value is -1.94. The highest BCUT2D eigenvalue weighted by molar-refractivity contribution is 7.26. The SMILES string of the molecule is CCCCCCc1ccc(-c2ccc3c(c2)sc2cc(-c4ccc(CCCCCC)s4)ccc23)s1. The van der Waals surface area contributed by atoms with Crippen LogP contribution in [0, 0.1) is 0 Å². The lowest BCUT2D eigenvalue weighted by Crippen LogP contribution is -1.80. The number of hydrogen-bond acceptors (Lipinski definition) is 3. The van der Waals surface area contributed by atoms with Crippen LogP contribution in [0.2, 0.25) is 0 Å². The van der Waals surface area contributed by atoms with Crippen molar-refractivity contribution in [3.8, 4) is 20.9 Å². The maximum absolute atomic E-state index is 2.41. The molecule has 5 aromatic rings. The summed E-state index contributed by atoms with van der Waals surface area (Å²) in [6, 6.07) is 23.5. The Morgan fingerprint density at radius 1 is 0.486 bits per heavy atom. The molecule has 0 amide bonds. The number of aryl methyl sites for hydroxylation is 2. The first-order chi connectivity index (χ1) is 17.2. The lowest BCUT2D eigenvalue weighted by Gasteiger charge is -2.00. The van der Waals surface area contributed by atoms with Crippen LogP contribution in [-0.2, 0) is 12.8 Å². The van der Waals surface area contributed by atoms with E-state index in [-0.39, 0.29) is 0 Å². The molecule has 0 aliphatic heterocycles. The van der Waals surface area contributed by atoms with Gasteiger partial charge in [-0.25, -0.2) is 0 Å². The molecule has 3 aromatic heterocycles.